The lowest BCUT2D eigenvalue weighted by Crippen LogP contribution is -2.50. The Hall–Kier alpha value is -2.57. The molecule has 0 spiro atoms. The molecule has 0 saturated carbocycles. The van der Waals surface area contributed by atoms with Gasteiger partial charge in [0.25, 0.3) is 5.91 Å². The molecule has 0 bridgehead atoms. The highest BCUT2D eigenvalue weighted by atomic mass is 16.6. The summed E-state index contributed by atoms with van der Waals surface area (Å²) in [6, 6.07) is 3.60. The summed E-state index contributed by atoms with van der Waals surface area (Å²) >= 11 is 0. The number of hydrogen-bond acceptors (Lipinski definition) is 4. The lowest BCUT2D eigenvalue weighted by molar-refractivity contribution is 0.0570. The molecular weight excluding hydrogens is 296 g/mol. The third kappa shape index (κ3) is 3.13. The number of imidazole rings is 1. The number of carbonyl (C=O) groups is 2. The maximum Gasteiger partial charge on any atom is 0.409 e. The second-order valence-electron chi connectivity index (χ2n) is 5.54. The average molecular weight is 316 g/mol. The molecule has 2 aromatic rings. The van der Waals surface area contributed by atoms with E-state index in [1.165, 1.54) is 0 Å². The van der Waals surface area contributed by atoms with Crippen LogP contribution in [0.2, 0.25) is 0 Å². The van der Waals surface area contributed by atoms with E-state index in [1.54, 1.807) is 28.9 Å². The number of aryl methyl sites for hydroxylation is 1. The summed E-state index contributed by atoms with van der Waals surface area (Å²) in [5.41, 5.74) is 2.30. The number of nitrogens with zero attached hydrogens (tertiary/aromatic N) is 4. The first-order valence-corrected chi connectivity index (χ1v) is 7.75. The van der Waals surface area contributed by atoms with Crippen molar-refractivity contribution in [3.8, 4) is 0 Å². The molecule has 1 aliphatic heterocycles. The number of fused-ring (bicyclic) bond motifs is 1. The van der Waals surface area contributed by atoms with Crippen molar-refractivity contribution >= 4 is 17.6 Å². The summed E-state index contributed by atoms with van der Waals surface area (Å²) in [6.45, 7) is 6.08. The Morgan fingerprint density at radius 1 is 1.22 bits per heavy atom. The minimum Gasteiger partial charge on any atom is -0.450 e. The molecule has 0 unspecified atom stereocenters. The van der Waals surface area contributed by atoms with Crippen LogP contribution in [0.15, 0.2) is 24.5 Å². The highest BCUT2D eigenvalue weighted by Crippen LogP contribution is 2.12. The molecule has 2 aromatic heterocycles. The minimum atomic E-state index is -0.311. The van der Waals surface area contributed by atoms with E-state index in [2.05, 4.69) is 4.98 Å². The Kier molecular flexibility index (Phi) is 4.18. The van der Waals surface area contributed by atoms with Crippen LogP contribution in [0.4, 0.5) is 4.79 Å². The van der Waals surface area contributed by atoms with E-state index in [0.717, 1.165) is 11.3 Å². The maximum atomic E-state index is 12.6. The monoisotopic (exact) mass is 316 g/mol. The van der Waals surface area contributed by atoms with Crippen LogP contribution in [0.1, 0.15) is 23.0 Å². The van der Waals surface area contributed by atoms with Gasteiger partial charge >= 0.3 is 6.09 Å². The Morgan fingerprint density at radius 2 is 1.91 bits per heavy atom. The summed E-state index contributed by atoms with van der Waals surface area (Å²) in [5.74, 6) is -0.0309. The second-order valence-corrected chi connectivity index (χ2v) is 5.54. The third-order valence-electron chi connectivity index (χ3n) is 3.92. The lowest BCUT2D eigenvalue weighted by atomic mass is 10.2. The zero-order chi connectivity index (χ0) is 16.4. The zero-order valence-electron chi connectivity index (χ0n) is 13.4. The second kappa shape index (κ2) is 6.28. The van der Waals surface area contributed by atoms with Crippen LogP contribution in [0.3, 0.4) is 0 Å². The van der Waals surface area contributed by atoms with Crippen molar-refractivity contribution < 1.29 is 14.3 Å². The highest BCUT2D eigenvalue weighted by Gasteiger charge is 2.25. The molecule has 1 saturated heterocycles. The van der Waals surface area contributed by atoms with Gasteiger partial charge in [-0.1, -0.05) is 0 Å². The topological polar surface area (TPSA) is 67.2 Å². The molecule has 0 atom stereocenters. The van der Waals surface area contributed by atoms with Crippen LogP contribution in [0, 0.1) is 6.92 Å². The summed E-state index contributed by atoms with van der Waals surface area (Å²) in [7, 11) is 0. The standard InChI is InChI=1S/C16H20N4O3/c1-3-23-16(22)19-8-6-18(7-9-19)15(21)13-4-5-20-11-12(2)17-14(20)10-13/h4-5,10-11H,3,6-9H2,1-2H3. The van der Waals surface area contributed by atoms with E-state index < -0.39 is 0 Å². The number of ether oxygens (including phenoxy) is 1. The molecule has 0 aliphatic carbocycles. The molecule has 0 radical (unpaired) electrons. The number of amides is 2. The molecule has 3 rings (SSSR count). The number of carbonyl (C=O) groups excluding carboxylic acids is 2. The van der Waals surface area contributed by atoms with Crippen LogP contribution >= 0.6 is 0 Å². The third-order valence-corrected chi connectivity index (χ3v) is 3.92. The van der Waals surface area contributed by atoms with Gasteiger partial charge in [-0.3, -0.25) is 4.79 Å². The van der Waals surface area contributed by atoms with Crippen molar-refractivity contribution in [1.82, 2.24) is 19.2 Å². The van der Waals surface area contributed by atoms with E-state index in [9.17, 15) is 9.59 Å². The van der Waals surface area contributed by atoms with E-state index in [-0.39, 0.29) is 12.0 Å². The average Bonchev–Trinajstić information content (AvgIpc) is 2.93. The first-order valence-electron chi connectivity index (χ1n) is 7.75. The predicted molar refractivity (Wildman–Crippen MR) is 84.4 cm³/mol. The van der Waals surface area contributed by atoms with E-state index in [4.69, 9.17) is 4.74 Å². The van der Waals surface area contributed by atoms with Crippen molar-refractivity contribution in [1.29, 1.82) is 0 Å². The Morgan fingerprint density at radius 3 is 2.61 bits per heavy atom. The van der Waals surface area contributed by atoms with Crippen molar-refractivity contribution in [2.75, 3.05) is 32.8 Å². The maximum absolute atomic E-state index is 12.6. The van der Waals surface area contributed by atoms with Crippen LogP contribution < -0.4 is 0 Å². The Balaban J connectivity index is 1.67. The van der Waals surface area contributed by atoms with Gasteiger partial charge < -0.3 is 18.9 Å². The fraction of sp³-hybridized carbons (Fsp3) is 0.438. The molecule has 23 heavy (non-hydrogen) atoms. The quantitative estimate of drug-likeness (QED) is 0.843. The zero-order valence-corrected chi connectivity index (χ0v) is 13.4. The summed E-state index contributed by atoms with van der Waals surface area (Å²) < 4.78 is 6.88. The molecular formula is C16H20N4O3. The lowest BCUT2D eigenvalue weighted by Gasteiger charge is -2.34. The van der Waals surface area contributed by atoms with Gasteiger partial charge in [0.15, 0.2) is 0 Å². The van der Waals surface area contributed by atoms with Gasteiger partial charge in [0.1, 0.15) is 5.65 Å². The molecule has 2 amide bonds. The molecule has 0 N–H and O–H groups in total. The van der Waals surface area contributed by atoms with Gasteiger partial charge in [-0.15, -0.1) is 0 Å². The van der Waals surface area contributed by atoms with Crippen LogP contribution in [0.25, 0.3) is 5.65 Å². The van der Waals surface area contributed by atoms with Gasteiger partial charge in [0.05, 0.1) is 12.3 Å². The molecule has 3 heterocycles. The minimum absolute atomic E-state index is 0.0309. The first-order chi connectivity index (χ1) is 11.1. The Labute approximate surface area is 134 Å². The van der Waals surface area contributed by atoms with Gasteiger partial charge in [-0.2, -0.15) is 0 Å². The molecule has 122 valence electrons. The number of pyridine rings is 1. The van der Waals surface area contributed by atoms with Gasteiger partial charge in [0.2, 0.25) is 0 Å². The van der Waals surface area contributed by atoms with E-state index in [1.807, 2.05) is 23.7 Å². The molecule has 7 heteroatoms. The predicted octanol–water partition coefficient (Wildman–Crippen LogP) is 1.56. The van der Waals surface area contributed by atoms with Crippen LogP contribution in [-0.2, 0) is 4.74 Å². The number of hydrogen-bond donors (Lipinski definition) is 0. The molecule has 0 aromatic carbocycles. The SMILES string of the molecule is CCOC(=O)N1CCN(C(=O)c2ccn3cc(C)nc3c2)CC1. The summed E-state index contributed by atoms with van der Waals surface area (Å²) in [6.07, 6.45) is 3.45. The van der Waals surface area contributed by atoms with Crippen LogP contribution in [-0.4, -0.2) is 64.0 Å². The first kappa shape index (κ1) is 15.3. The van der Waals surface area contributed by atoms with E-state index in [0.29, 0.717) is 38.3 Å². The molecule has 1 fully saturated rings. The largest absolute Gasteiger partial charge is 0.450 e. The van der Waals surface area contributed by atoms with Gasteiger partial charge in [-0.05, 0) is 26.0 Å². The smallest absolute Gasteiger partial charge is 0.409 e. The fourth-order valence-corrected chi connectivity index (χ4v) is 2.73. The normalized spacial score (nSPS) is 15.0. The number of aromatic nitrogens is 2. The van der Waals surface area contributed by atoms with Crippen molar-refractivity contribution in [3.63, 3.8) is 0 Å². The fourth-order valence-electron chi connectivity index (χ4n) is 2.73. The number of piperazine rings is 1. The Bertz CT molecular complexity index is 732. The van der Waals surface area contributed by atoms with Gasteiger partial charge in [0, 0.05) is 44.1 Å². The molecule has 7 nitrogen and oxygen atoms in total. The van der Waals surface area contributed by atoms with Crippen molar-refractivity contribution in [2.45, 2.75) is 13.8 Å². The van der Waals surface area contributed by atoms with E-state index >= 15 is 0 Å². The summed E-state index contributed by atoms with van der Waals surface area (Å²) in [5, 5.41) is 0. The van der Waals surface area contributed by atoms with Crippen molar-refractivity contribution in [3.05, 3.63) is 35.8 Å². The van der Waals surface area contributed by atoms with Gasteiger partial charge in [-0.25, -0.2) is 9.78 Å². The van der Waals surface area contributed by atoms with Crippen LogP contribution in [0.5, 0.6) is 0 Å². The number of rotatable bonds is 2. The molecule has 1 aliphatic rings. The highest BCUT2D eigenvalue weighted by molar-refractivity contribution is 5.95. The summed E-state index contributed by atoms with van der Waals surface area (Å²) in [4.78, 5) is 32.1. The van der Waals surface area contributed by atoms with Crippen molar-refractivity contribution in [2.24, 2.45) is 0 Å².